The van der Waals surface area contributed by atoms with E-state index in [1.807, 2.05) is 31.2 Å². The van der Waals surface area contributed by atoms with Crippen molar-refractivity contribution in [3.05, 3.63) is 59.2 Å². The Morgan fingerprint density at radius 2 is 1.82 bits per heavy atom. The van der Waals surface area contributed by atoms with Gasteiger partial charge in [0.2, 0.25) is 15.9 Å². The van der Waals surface area contributed by atoms with Crippen LogP contribution in [-0.4, -0.2) is 27.1 Å². The second-order valence-electron chi connectivity index (χ2n) is 6.99. The number of carbonyl (C=O) groups is 1. The van der Waals surface area contributed by atoms with E-state index < -0.39 is 10.0 Å². The van der Waals surface area contributed by atoms with E-state index in [2.05, 4.69) is 19.2 Å². The highest BCUT2D eigenvalue weighted by Gasteiger charge is 2.19. The normalized spacial score (nSPS) is 11.1. The first-order valence-corrected chi connectivity index (χ1v) is 10.9. The van der Waals surface area contributed by atoms with Crippen LogP contribution in [0.5, 0.6) is 0 Å². The molecule has 2 rings (SSSR count). The summed E-state index contributed by atoms with van der Waals surface area (Å²) in [6.45, 7) is 6.06. The van der Waals surface area contributed by atoms with Crippen LogP contribution in [-0.2, 0) is 14.8 Å². The molecule has 2 aromatic carbocycles. The molecule has 0 fully saturated rings. The monoisotopic (exact) mass is 399 g/mol. The number of hydrogen-bond donors (Lipinski definition) is 1. The first kappa shape index (κ1) is 21.5. The van der Waals surface area contributed by atoms with Crippen LogP contribution in [0.2, 0.25) is 0 Å². The number of sulfonamides is 1. The van der Waals surface area contributed by atoms with E-state index in [4.69, 9.17) is 5.26 Å². The van der Waals surface area contributed by atoms with Gasteiger partial charge in [0.1, 0.15) is 0 Å². The van der Waals surface area contributed by atoms with Gasteiger partial charge in [-0.1, -0.05) is 32.0 Å². The van der Waals surface area contributed by atoms with Crippen molar-refractivity contribution in [2.45, 2.75) is 33.1 Å². The highest BCUT2D eigenvalue weighted by atomic mass is 32.2. The zero-order valence-electron chi connectivity index (χ0n) is 16.6. The molecule has 0 spiro atoms. The Hall–Kier alpha value is -2.85. The fraction of sp³-hybridized carbons (Fsp3) is 0.333. The lowest BCUT2D eigenvalue weighted by Gasteiger charge is -2.22. The smallest absolute Gasteiger partial charge is 0.232 e. The van der Waals surface area contributed by atoms with Crippen LogP contribution < -0.4 is 9.62 Å². The fourth-order valence-corrected chi connectivity index (χ4v) is 3.86. The average Bonchev–Trinajstić information content (AvgIpc) is 2.62. The van der Waals surface area contributed by atoms with E-state index in [1.54, 1.807) is 24.3 Å². The minimum absolute atomic E-state index is 0.0128. The SMILES string of the molecule is Cc1cccc(C(C)C)c1NC(=O)CCN(c1ccc(C#N)cc1)S(C)(=O)=O. The van der Waals surface area contributed by atoms with Crippen molar-refractivity contribution in [2.75, 3.05) is 22.4 Å². The fourth-order valence-electron chi connectivity index (χ4n) is 2.94. The molecule has 0 unspecified atom stereocenters. The molecule has 2 aromatic rings. The molecule has 7 heteroatoms. The maximum absolute atomic E-state index is 12.5. The number of rotatable bonds is 7. The lowest BCUT2D eigenvalue weighted by Crippen LogP contribution is -2.33. The van der Waals surface area contributed by atoms with Crippen molar-refractivity contribution in [3.8, 4) is 6.07 Å². The van der Waals surface area contributed by atoms with Gasteiger partial charge in [0.25, 0.3) is 0 Å². The Balaban J connectivity index is 2.16. The summed E-state index contributed by atoms with van der Waals surface area (Å²) >= 11 is 0. The summed E-state index contributed by atoms with van der Waals surface area (Å²) in [7, 11) is -3.57. The molecule has 0 aliphatic rings. The van der Waals surface area contributed by atoms with Crippen LogP contribution in [0, 0.1) is 18.3 Å². The van der Waals surface area contributed by atoms with Gasteiger partial charge in [-0.3, -0.25) is 9.10 Å². The number of nitrogens with zero attached hydrogens (tertiary/aromatic N) is 2. The molecule has 0 saturated carbocycles. The first-order chi connectivity index (χ1) is 13.1. The lowest BCUT2D eigenvalue weighted by molar-refractivity contribution is -0.116. The van der Waals surface area contributed by atoms with Crippen molar-refractivity contribution in [1.29, 1.82) is 5.26 Å². The van der Waals surface area contributed by atoms with Crippen molar-refractivity contribution in [2.24, 2.45) is 0 Å². The molecule has 1 amide bonds. The topological polar surface area (TPSA) is 90.3 Å². The molecule has 0 aliphatic carbocycles. The van der Waals surface area contributed by atoms with Crippen LogP contribution in [0.25, 0.3) is 0 Å². The third-order valence-corrected chi connectivity index (χ3v) is 5.61. The Morgan fingerprint density at radius 3 is 2.36 bits per heavy atom. The number of amides is 1. The molecule has 0 bridgehead atoms. The van der Waals surface area contributed by atoms with E-state index in [-0.39, 0.29) is 24.8 Å². The average molecular weight is 400 g/mol. The van der Waals surface area contributed by atoms with Crippen LogP contribution in [0.4, 0.5) is 11.4 Å². The molecule has 0 saturated heterocycles. The molecular formula is C21H25N3O3S. The summed E-state index contributed by atoms with van der Waals surface area (Å²) in [4.78, 5) is 12.5. The Morgan fingerprint density at radius 1 is 1.18 bits per heavy atom. The third kappa shape index (κ3) is 5.33. The molecule has 0 radical (unpaired) electrons. The molecule has 148 valence electrons. The second-order valence-corrected chi connectivity index (χ2v) is 8.89. The van der Waals surface area contributed by atoms with Crippen LogP contribution in [0.3, 0.4) is 0 Å². The van der Waals surface area contributed by atoms with Gasteiger partial charge >= 0.3 is 0 Å². The first-order valence-electron chi connectivity index (χ1n) is 9.00. The molecule has 28 heavy (non-hydrogen) atoms. The largest absolute Gasteiger partial charge is 0.326 e. The van der Waals surface area contributed by atoms with Gasteiger partial charge in [-0.05, 0) is 48.2 Å². The number of aryl methyl sites for hydroxylation is 1. The number of carbonyl (C=O) groups excluding carboxylic acids is 1. The van der Waals surface area contributed by atoms with Crippen LogP contribution >= 0.6 is 0 Å². The highest BCUT2D eigenvalue weighted by Crippen LogP contribution is 2.27. The predicted molar refractivity (Wildman–Crippen MR) is 112 cm³/mol. The third-order valence-electron chi connectivity index (χ3n) is 4.42. The van der Waals surface area contributed by atoms with Gasteiger partial charge in [-0.15, -0.1) is 0 Å². The van der Waals surface area contributed by atoms with Gasteiger partial charge in [-0.25, -0.2) is 8.42 Å². The molecule has 1 N–H and O–H groups in total. The van der Waals surface area contributed by atoms with Crippen LogP contribution in [0.1, 0.15) is 42.9 Å². The summed E-state index contributed by atoms with van der Waals surface area (Å²) in [5.41, 5.74) is 3.66. The molecule has 6 nitrogen and oxygen atoms in total. The quantitative estimate of drug-likeness (QED) is 0.767. The zero-order chi connectivity index (χ0) is 20.9. The molecular weight excluding hydrogens is 374 g/mol. The Labute approximate surface area is 166 Å². The number of nitrogens with one attached hydrogen (secondary N) is 1. The standard InChI is InChI=1S/C21H25N3O3S/c1-15(2)19-7-5-6-16(3)21(19)23-20(25)12-13-24(28(4,26)27)18-10-8-17(14-22)9-11-18/h5-11,15H,12-13H2,1-4H3,(H,23,25). The summed E-state index contributed by atoms with van der Waals surface area (Å²) in [6, 6.07) is 14.1. The molecule has 0 heterocycles. The van der Waals surface area contributed by atoms with Gasteiger partial charge < -0.3 is 5.32 Å². The zero-order valence-corrected chi connectivity index (χ0v) is 17.4. The number of para-hydroxylation sites is 1. The summed E-state index contributed by atoms with van der Waals surface area (Å²) in [5.74, 6) is -0.000128. The number of hydrogen-bond acceptors (Lipinski definition) is 4. The minimum Gasteiger partial charge on any atom is -0.326 e. The Kier molecular flexibility index (Phi) is 6.81. The predicted octanol–water partition coefficient (Wildman–Crippen LogP) is 3.78. The Bertz CT molecular complexity index is 991. The molecule has 0 atom stereocenters. The number of benzene rings is 2. The highest BCUT2D eigenvalue weighted by molar-refractivity contribution is 7.92. The van der Waals surface area contributed by atoms with Gasteiger partial charge in [-0.2, -0.15) is 5.26 Å². The van der Waals surface area contributed by atoms with Gasteiger partial charge in [0.05, 0.1) is 23.6 Å². The molecule has 0 aliphatic heterocycles. The second kappa shape index (κ2) is 8.89. The van der Waals surface area contributed by atoms with Crippen LogP contribution in [0.15, 0.2) is 42.5 Å². The van der Waals surface area contributed by atoms with Crippen molar-refractivity contribution in [3.63, 3.8) is 0 Å². The summed E-state index contributed by atoms with van der Waals surface area (Å²) < 4.78 is 25.5. The number of nitriles is 1. The number of anilines is 2. The maximum Gasteiger partial charge on any atom is 0.232 e. The van der Waals surface area contributed by atoms with Crippen molar-refractivity contribution < 1.29 is 13.2 Å². The minimum atomic E-state index is -3.57. The maximum atomic E-state index is 12.5. The summed E-state index contributed by atoms with van der Waals surface area (Å²) in [6.07, 6.45) is 1.11. The van der Waals surface area contributed by atoms with Gasteiger partial charge in [0.15, 0.2) is 0 Å². The van der Waals surface area contributed by atoms with E-state index in [0.29, 0.717) is 11.3 Å². The van der Waals surface area contributed by atoms with E-state index in [9.17, 15) is 13.2 Å². The van der Waals surface area contributed by atoms with E-state index in [1.165, 1.54) is 4.31 Å². The van der Waals surface area contributed by atoms with Gasteiger partial charge in [0, 0.05) is 18.7 Å². The summed E-state index contributed by atoms with van der Waals surface area (Å²) in [5, 5.41) is 11.8. The van der Waals surface area contributed by atoms with Crippen molar-refractivity contribution >= 4 is 27.3 Å². The van der Waals surface area contributed by atoms with E-state index >= 15 is 0 Å². The van der Waals surface area contributed by atoms with E-state index in [0.717, 1.165) is 23.1 Å². The van der Waals surface area contributed by atoms with Crippen molar-refractivity contribution in [1.82, 2.24) is 0 Å². The lowest BCUT2D eigenvalue weighted by atomic mass is 9.98. The molecule has 0 aromatic heterocycles.